The van der Waals surface area contributed by atoms with E-state index in [1.54, 1.807) is 18.3 Å². The van der Waals surface area contributed by atoms with Crippen LogP contribution in [0.2, 0.25) is 0 Å². The molecule has 17 heavy (non-hydrogen) atoms. The number of benzene rings is 1. The van der Waals surface area contributed by atoms with E-state index in [1.807, 2.05) is 17.7 Å². The van der Waals surface area contributed by atoms with Crippen LogP contribution in [0.3, 0.4) is 0 Å². The smallest absolute Gasteiger partial charge is 0.235 e. The van der Waals surface area contributed by atoms with Gasteiger partial charge in [-0.25, -0.2) is 0 Å². The fourth-order valence-corrected chi connectivity index (χ4v) is 1.77. The first-order chi connectivity index (χ1) is 8.11. The zero-order valence-electron chi connectivity index (χ0n) is 9.12. The molecule has 0 amide bonds. The average Bonchev–Trinajstić information content (AvgIpc) is 2.63. The number of rotatable bonds is 2. The number of hydrogen-bond donors (Lipinski definition) is 0. The van der Waals surface area contributed by atoms with Gasteiger partial charge in [-0.2, -0.15) is 5.26 Å². The Hall–Kier alpha value is -2.61. The molecule has 0 unspecified atom stereocenters. The first-order valence-electron chi connectivity index (χ1n) is 4.92. The third-order valence-corrected chi connectivity index (χ3v) is 2.53. The van der Waals surface area contributed by atoms with Gasteiger partial charge in [-0.3, -0.25) is 10.1 Å². The molecule has 0 N–H and O–H groups in total. The molecule has 1 aromatic carbocycles. The van der Waals surface area contributed by atoms with Gasteiger partial charge in [0.15, 0.2) is 0 Å². The van der Waals surface area contributed by atoms with Crippen LogP contribution in [-0.2, 0) is 7.05 Å². The minimum Gasteiger partial charge on any atom is -0.350 e. The largest absolute Gasteiger partial charge is 0.350 e. The van der Waals surface area contributed by atoms with Gasteiger partial charge in [-0.05, 0) is 18.2 Å². The summed E-state index contributed by atoms with van der Waals surface area (Å²) in [6.07, 6.45) is 4.13. The molecule has 0 aliphatic rings. The van der Waals surface area contributed by atoms with E-state index in [1.165, 1.54) is 6.08 Å². The summed E-state index contributed by atoms with van der Waals surface area (Å²) in [5, 5.41) is 20.0. The molecule has 0 saturated carbocycles. The lowest BCUT2D eigenvalue weighted by Gasteiger charge is -1.95. The standard InChI is InChI=1S/C12H9N3O2/c1-14-8-10(4-5-15(16)17)11-6-9(7-13)2-3-12(11)14/h2-6,8H,1H3. The molecule has 2 aromatic rings. The van der Waals surface area contributed by atoms with Gasteiger partial charge in [0.2, 0.25) is 6.20 Å². The molecule has 1 aromatic heterocycles. The van der Waals surface area contributed by atoms with Crippen molar-refractivity contribution in [2.24, 2.45) is 7.05 Å². The summed E-state index contributed by atoms with van der Waals surface area (Å²) < 4.78 is 1.87. The molecule has 0 atom stereocenters. The fourth-order valence-electron chi connectivity index (χ4n) is 1.77. The predicted octanol–water partition coefficient (Wildman–Crippen LogP) is 2.30. The van der Waals surface area contributed by atoms with E-state index in [4.69, 9.17) is 5.26 Å². The van der Waals surface area contributed by atoms with E-state index < -0.39 is 4.92 Å². The minimum absolute atomic E-state index is 0.507. The van der Waals surface area contributed by atoms with Crippen LogP contribution in [0.1, 0.15) is 11.1 Å². The number of nitro groups is 1. The van der Waals surface area contributed by atoms with Crippen LogP contribution >= 0.6 is 0 Å². The van der Waals surface area contributed by atoms with E-state index in [0.29, 0.717) is 5.56 Å². The number of aromatic nitrogens is 1. The minimum atomic E-state index is -0.507. The van der Waals surface area contributed by atoms with E-state index in [-0.39, 0.29) is 0 Å². The van der Waals surface area contributed by atoms with Gasteiger partial charge in [0.05, 0.1) is 16.6 Å². The molecule has 0 aliphatic carbocycles. The summed E-state index contributed by atoms with van der Waals surface area (Å²) in [6.45, 7) is 0. The van der Waals surface area contributed by atoms with Crippen LogP contribution in [-0.4, -0.2) is 9.49 Å². The second-order valence-corrected chi connectivity index (χ2v) is 3.64. The van der Waals surface area contributed by atoms with Crippen LogP contribution in [0, 0.1) is 21.4 Å². The van der Waals surface area contributed by atoms with Crippen molar-refractivity contribution in [3.63, 3.8) is 0 Å². The van der Waals surface area contributed by atoms with Crippen molar-refractivity contribution in [2.75, 3.05) is 0 Å². The van der Waals surface area contributed by atoms with Crippen molar-refractivity contribution in [1.82, 2.24) is 4.57 Å². The lowest BCUT2D eigenvalue weighted by atomic mass is 10.1. The van der Waals surface area contributed by atoms with E-state index >= 15 is 0 Å². The van der Waals surface area contributed by atoms with Gasteiger partial charge < -0.3 is 4.57 Å². The summed E-state index contributed by atoms with van der Waals surface area (Å²) in [6, 6.07) is 7.34. The molecular formula is C12H9N3O2. The normalized spacial score (nSPS) is 10.8. The maximum absolute atomic E-state index is 10.3. The summed E-state index contributed by atoms with van der Waals surface area (Å²) in [4.78, 5) is 9.79. The summed E-state index contributed by atoms with van der Waals surface area (Å²) >= 11 is 0. The summed E-state index contributed by atoms with van der Waals surface area (Å²) in [5.74, 6) is 0. The lowest BCUT2D eigenvalue weighted by molar-refractivity contribution is -0.400. The Morgan fingerprint density at radius 1 is 1.53 bits per heavy atom. The monoisotopic (exact) mass is 227 g/mol. The third kappa shape index (κ3) is 2.01. The molecule has 0 fully saturated rings. The molecule has 84 valence electrons. The average molecular weight is 227 g/mol. The molecule has 5 nitrogen and oxygen atoms in total. The van der Waals surface area contributed by atoms with E-state index in [2.05, 4.69) is 6.07 Å². The second-order valence-electron chi connectivity index (χ2n) is 3.64. The Bertz CT molecular complexity index is 662. The molecule has 1 heterocycles. The molecular weight excluding hydrogens is 218 g/mol. The fraction of sp³-hybridized carbons (Fsp3) is 0.0833. The van der Waals surface area contributed by atoms with Crippen molar-refractivity contribution in [1.29, 1.82) is 5.26 Å². The lowest BCUT2D eigenvalue weighted by Crippen LogP contribution is -1.83. The van der Waals surface area contributed by atoms with Gasteiger partial charge in [-0.1, -0.05) is 0 Å². The number of nitrogens with zero attached hydrogens (tertiary/aromatic N) is 3. The van der Waals surface area contributed by atoms with Crippen molar-refractivity contribution < 1.29 is 4.92 Å². The van der Waals surface area contributed by atoms with Crippen molar-refractivity contribution in [2.45, 2.75) is 0 Å². The zero-order valence-corrected chi connectivity index (χ0v) is 9.12. The Morgan fingerprint density at radius 3 is 2.94 bits per heavy atom. The highest BCUT2D eigenvalue weighted by Gasteiger charge is 2.06. The number of aryl methyl sites for hydroxylation is 1. The van der Waals surface area contributed by atoms with Crippen LogP contribution in [0.25, 0.3) is 17.0 Å². The van der Waals surface area contributed by atoms with Crippen molar-refractivity contribution in [3.8, 4) is 6.07 Å². The van der Waals surface area contributed by atoms with Crippen molar-refractivity contribution >= 4 is 17.0 Å². The SMILES string of the molecule is Cn1cc(C=C[N+](=O)[O-])c2cc(C#N)ccc21. The summed E-state index contributed by atoms with van der Waals surface area (Å²) in [7, 11) is 1.86. The van der Waals surface area contributed by atoms with Gasteiger partial charge in [-0.15, -0.1) is 0 Å². The highest BCUT2D eigenvalue weighted by atomic mass is 16.6. The summed E-state index contributed by atoms with van der Waals surface area (Å²) in [5.41, 5.74) is 2.21. The van der Waals surface area contributed by atoms with E-state index in [9.17, 15) is 10.1 Å². The maximum atomic E-state index is 10.3. The van der Waals surface area contributed by atoms with Gasteiger partial charge in [0.1, 0.15) is 0 Å². The molecule has 0 spiro atoms. The topological polar surface area (TPSA) is 71.9 Å². The van der Waals surface area contributed by atoms with Crippen LogP contribution in [0.4, 0.5) is 0 Å². The van der Waals surface area contributed by atoms with Crippen LogP contribution in [0.5, 0.6) is 0 Å². The molecule has 0 aliphatic heterocycles. The molecule has 0 saturated heterocycles. The Labute approximate surface area is 97.3 Å². The van der Waals surface area contributed by atoms with Gasteiger partial charge in [0, 0.05) is 35.8 Å². The predicted molar refractivity (Wildman–Crippen MR) is 63.7 cm³/mol. The quantitative estimate of drug-likeness (QED) is 0.583. The Kier molecular flexibility index (Phi) is 2.63. The molecule has 5 heteroatoms. The molecule has 0 bridgehead atoms. The molecule has 0 radical (unpaired) electrons. The molecule has 2 rings (SSSR count). The first-order valence-corrected chi connectivity index (χ1v) is 4.92. The number of nitriles is 1. The third-order valence-electron chi connectivity index (χ3n) is 2.53. The van der Waals surface area contributed by atoms with Crippen molar-refractivity contribution in [3.05, 3.63) is 51.8 Å². The van der Waals surface area contributed by atoms with Gasteiger partial charge in [0.25, 0.3) is 0 Å². The maximum Gasteiger partial charge on any atom is 0.235 e. The van der Waals surface area contributed by atoms with E-state index in [0.717, 1.165) is 22.7 Å². The zero-order chi connectivity index (χ0) is 12.4. The highest BCUT2D eigenvalue weighted by Crippen LogP contribution is 2.23. The van der Waals surface area contributed by atoms with Crippen LogP contribution in [0.15, 0.2) is 30.6 Å². The first kappa shape index (κ1) is 10.9. The number of hydrogen-bond acceptors (Lipinski definition) is 3. The number of fused-ring (bicyclic) bond motifs is 1. The highest BCUT2D eigenvalue weighted by molar-refractivity contribution is 5.90. The second kappa shape index (κ2) is 4.10. The Morgan fingerprint density at radius 2 is 2.29 bits per heavy atom. The Balaban J connectivity index is 2.64. The van der Waals surface area contributed by atoms with Crippen LogP contribution < -0.4 is 0 Å². The van der Waals surface area contributed by atoms with Gasteiger partial charge >= 0.3 is 0 Å².